The molecular formula is C17H23NO2. The van der Waals surface area contributed by atoms with Crippen LogP contribution < -0.4 is 4.90 Å². The third kappa shape index (κ3) is 2.67. The topological polar surface area (TPSA) is 40.5 Å². The highest BCUT2D eigenvalue weighted by Crippen LogP contribution is 2.36. The van der Waals surface area contributed by atoms with Crippen LogP contribution in [0.1, 0.15) is 50.5 Å². The fourth-order valence-electron chi connectivity index (χ4n) is 3.63. The first kappa shape index (κ1) is 13.5. The van der Waals surface area contributed by atoms with Gasteiger partial charge in [0.15, 0.2) is 0 Å². The number of hydrogen-bond acceptors (Lipinski definition) is 2. The van der Waals surface area contributed by atoms with E-state index in [0.29, 0.717) is 12.3 Å². The molecule has 0 atom stereocenters. The van der Waals surface area contributed by atoms with Crippen LogP contribution in [0.5, 0.6) is 5.75 Å². The third-order valence-electron chi connectivity index (χ3n) is 4.69. The van der Waals surface area contributed by atoms with E-state index >= 15 is 0 Å². The average molecular weight is 273 g/mol. The van der Waals surface area contributed by atoms with E-state index in [2.05, 4.69) is 0 Å². The molecule has 1 aliphatic carbocycles. The minimum Gasteiger partial charge on any atom is -0.506 e. The van der Waals surface area contributed by atoms with Crippen molar-refractivity contribution in [2.24, 2.45) is 5.92 Å². The zero-order chi connectivity index (χ0) is 13.9. The van der Waals surface area contributed by atoms with Gasteiger partial charge in [-0.25, -0.2) is 0 Å². The van der Waals surface area contributed by atoms with Gasteiger partial charge in [-0.05, 0) is 43.2 Å². The Morgan fingerprint density at radius 1 is 1.20 bits per heavy atom. The smallest absolute Gasteiger partial charge is 0.227 e. The number of nitrogens with zero attached hydrogens (tertiary/aromatic N) is 1. The van der Waals surface area contributed by atoms with E-state index < -0.39 is 0 Å². The van der Waals surface area contributed by atoms with Gasteiger partial charge < -0.3 is 10.0 Å². The molecule has 0 radical (unpaired) electrons. The zero-order valence-corrected chi connectivity index (χ0v) is 12.0. The van der Waals surface area contributed by atoms with Crippen molar-refractivity contribution in [1.29, 1.82) is 0 Å². The standard InChI is InChI=1S/C17H23NO2/c19-15-10-4-8-14-9-5-11-18(17(14)15)16(20)12-13-6-2-1-3-7-13/h4,8,10,13,19H,1-3,5-7,9,11-12H2. The van der Waals surface area contributed by atoms with E-state index in [0.717, 1.165) is 30.6 Å². The number of hydrogen-bond donors (Lipinski definition) is 1. The number of para-hydroxylation sites is 1. The number of phenols is 1. The van der Waals surface area contributed by atoms with Crippen molar-refractivity contribution >= 4 is 11.6 Å². The molecular weight excluding hydrogens is 250 g/mol. The third-order valence-corrected chi connectivity index (χ3v) is 4.69. The van der Waals surface area contributed by atoms with E-state index in [-0.39, 0.29) is 11.7 Å². The molecule has 0 unspecified atom stereocenters. The molecule has 1 aromatic carbocycles. The average Bonchev–Trinajstić information content (AvgIpc) is 2.48. The predicted octanol–water partition coefficient (Wildman–Crippen LogP) is 3.64. The normalized spacial score (nSPS) is 19.7. The van der Waals surface area contributed by atoms with Gasteiger partial charge in [-0.1, -0.05) is 31.4 Å². The maximum Gasteiger partial charge on any atom is 0.227 e. The number of carbonyl (C=O) groups excluding carboxylic acids is 1. The van der Waals surface area contributed by atoms with Crippen LogP contribution in [0.3, 0.4) is 0 Å². The lowest BCUT2D eigenvalue weighted by Gasteiger charge is -2.32. The first-order valence-corrected chi connectivity index (χ1v) is 7.87. The second-order valence-corrected chi connectivity index (χ2v) is 6.14. The first-order valence-electron chi connectivity index (χ1n) is 7.87. The molecule has 2 aliphatic rings. The highest BCUT2D eigenvalue weighted by molar-refractivity contribution is 5.96. The molecule has 1 aliphatic heterocycles. The summed E-state index contributed by atoms with van der Waals surface area (Å²) in [4.78, 5) is 14.4. The zero-order valence-electron chi connectivity index (χ0n) is 12.0. The number of benzene rings is 1. The molecule has 108 valence electrons. The predicted molar refractivity (Wildman–Crippen MR) is 80.0 cm³/mol. The summed E-state index contributed by atoms with van der Waals surface area (Å²) in [6, 6.07) is 5.57. The molecule has 3 rings (SSSR count). The summed E-state index contributed by atoms with van der Waals surface area (Å²) in [5.41, 5.74) is 1.87. The molecule has 1 aromatic rings. The Hall–Kier alpha value is -1.51. The Kier molecular flexibility index (Phi) is 3.95. The van der Waals surface area contributed by atoms with Gasteiger partial charge in [-0.2, -0.15) is 0 Å². The maximum absolute atomic E-state index is 12.6. The largest absolute Gasteiger partial charge is 0.506 e. The lowest BCUT2D eigenvalue weighted by Crippen LogP contribution is -2.36. The number of aromatic hydroxyl groups is 1. The van der Waals surface area contributed by atoms with Crippen LogP contribution in [0.25, 0.3) is 0 Å². The number of rotatable bonds is 2. The molecule has 20 heavy (non-hydrogen) atoms. The number of fused-ring (bicyclic) bond motifs is 1. The molecule has 1 fully saturated rings. The molecule has 0 aromatic heterocycles. The SMILES string of the molecule is O=C(CC1CCCCC1)N1CCCc2cccc(O)c21. The summed E-state index contributed by atoms with van der Waals surface area (Å²) in [5, 5.41) is 10.1. The van der Waals surface area contributed by atoms with Gasteiger partial charge in [0.05, 0.1) is 5.69 Å². The monoisotopic (exact) mass is 273 g/mol. The van der Waals surface area contributed by atoms with Crippen molar-refractivity contribution in [2.45, 2.75) is 51.4 Å². The summed E-state index contributed by atoms with van der Waals surface area (Å²) in [7, 11) is 0. The summed E-state index contributed by atoms with van der Waals surface area (Å²) < 4.78 is 0. The summed E-state index contributed by atoms with van der Waals surface area (Å²) >= 11 is 0. The van der Waals surface area contributed by atoms with Gasteiger partial charge >= 0.3 is 0 Å². The van der Waals surface area contributed by atoms with Crippen LogP contribution in [0.2, 0.25) is 0 Å². The Bertz CT molecular complexity index is 492. The lowest BCUT2D eigenvalue weighted by molar-refractivity contribution is -0.119. The Morgan fingerprint density at radius 3 is 2.80 bits per heavy atom. The number of amides is 1. The first-order chi connectivity index (χ1) is 9.75. The maximum atomic E-state index is 12.6. The van der Waals surface area contributed by atoms with Crippen molar-refractivity contribution in [3.8, 4) is 5.75 Å². The molecule has 1 heterocycles. The molecule has 0 saturated heterocycles. The number of phenolic OH excluding ortho intramolecular Hbond substituents is 1. The van der Waals surface area contributed by atoms with Crippen LogP contribution in [0.4, 0.5) is 5.69 Å². The fraction of sp³-hybridized carbons (Fsp3) is 0.588. The van der Waals surface area contributed by atoms with Gasteiger partial charge in [-0.3, -0.25) is 4.79 Å². The van der Waals surface area contributed by atoms with Gasteiger partial charge in [0.1, 0.15) is 5.75 Å². The number of carbonyl (C=O) groups is 1. The molecule has 0 spiro atoms. The Balaban J connectivity index is 1.76. The van der Waals surface area contributed by atoms with Gasteiger partial charge in [-0.15, -0.1) is 0 Å². The van der Waals surface area contributed by atoms with Crippen LogP contribution in [0.15, 0.2) is 18.2 Å². The second-order valence-electron chi connectivity index (χ2n) is 6.14. The van der Waals surface area contributed by atoms with Crippen molar-refractivity contribution < 1.29 is 9.90 Å². The summed E-state index contributed by atoms with van der Waals surface area (Å²) in [5.74, 6) is 0.992. The minimum absolute atomic E-state index is 0.194. The molecule has 0 bridgehead atoms. The molecule has 1 saturated carbocycles. The van der Waals surface area contributed by atoms with E-state index in [9.17, 15) is 9.90 Å². The number of anilines is 1. The second kappa shape index (κ2) is 5.86. The lowest BCUT2D eigenvalue weighted by atomic mass is 9.86. The highest BCUT2D eigenvalue weighted by atomic mass is 16.3. The van der Waals surface area contributed by atoms with Gasteiger partial charge in [0, 0.05) is 13.0 Å². The summed E-state index contributed by atoms with van der Waals surface area (Å²) in [6.07, 6.45) is 8.82. The Morgan fingerprint density at radius 2 is 2.00 bits per heavy atom. The van der Waals surface area contributed by atoms with E-state index in [1.807, 2.05) is 17.0 Å². The van der Waals surface area contributed by atoms with Gasteiger partial charge in [0.25, 0.3) is 0 Å². The van der Waals surface area contributed by atoms with E-state index in [1.165, 1.54) is 32.1 Å². The van der Waals surface area contributed by atoms with Crippen LogP contribution in [-0.4, -0.2) is 17.6 Å². The van der Waals surface area contributed by atoms with Crippen molar-refractivity contribution in [3.63, 3.8) is 0 Å². The quantitative estimate of drug-likeness (QED) is 0.893. The van der Waals surface area contributed by atoms with Crippen molar-refractivity contribution in [2.75, 3.05) is 11.4 Å². The molecule has 1 amide bonds. The van der Waals surface area contributed by atoms with E-state index in [4.69, 9.17) is 0 Å². The van der Waals surface area contributed by atoms with E-state index in [1.54, 1.807) is 6.07 Å². The minimum atomic E-state index is 0.194. The fourth-order valence-corrected chi connectivity index (χ4v) is 3.63. The number of aryl methyl sites for hydroxylation is 1. The van der Waals surface area contributed by atoms with Crippen LogP contribution >= 0.6 is 0 Å². The van der Waals surface area contributed by atoms with Crippen molar-refractivity contribution in [3.05, 3.63) is 23.8 Å². The van der Waals surface area contributed by atoms with Crippen LogP contribution in [0, 0.1) is 5.92 Å². The van der Waals surface area contributed by atoms with Gasteiger partial charge in [0.2, 0.25) is 5.91 Å². The Labute approximate surface area is 120 Å². The summed E-state index contributed by atoms with van der Waals surface area (Å²) in [6.45, 7) is 0.746. The highest BCUT2D eigenvalue weighted by Gasteiger charge is 2.27. The van der Waals surface area contributed by atoms with Crippen LogP contribution in [-0.2, 0) is 11.2 Å². The molecule has 3 heteroatoms. The molecule has 1 N–H and O–H groups in total. The molecule has 3 nitrogen and oxygen atoms in total. The van der Waals surface area contributed by atoms with Crippen molar-refractivity contribution in [1.82, 2.24) is 0 Å².